The normalized spacial score (nSPS) is 16.0. The maximum atomic E-state index is 6.02. The molecule has 0 aromatic carbocycles. The number of hydrogen-bond acceptors (Lipinski definition) is 3. The number of nitrogens with one attached hydrogen (secondary N) is 2. The zero-order chi connectivity index (χ0) is 16.9. The van der Waals surface area contributed by atoms with E-state index in [2.05, 4.69) is 20.6 Å². The van der Waals surface area contributed by atoms with Crippen LogP contribution in [-0.4, -0.2) is 37.2 Å². The van der Waals surface area contributed by atoms with E-state index in [1.165, 1.54) is 38.5 Å². The van der Waals surface area contributed by atoms with E-state index in [0.29, 0.717) is 12.6 Å². The lowest BCUT2D eigenvalue weighted by Crippen LogP contribution is -2.37. The van der Waals surface area contributed by atoms with Crippen molar-refractivity contribution in [3.05, 3.63) is 30.1 Å². The molecule has 1 fully saturated rings. The molecule has 1 aliphatic rings. The lowest BCUT2D eigenvalue weighted by atomic mass is 10.1. The van der Waals surface area contributed by atoms with Crippen LogP contribution >= 0.6 is 24.0 Å². The molecule has 0 aliphatic heterocycles. The topological polar surface area (TPSA) is 58.5 Å². The molecule has 1 aromatic heterocycles. The SMILES string of the molecule is CN=C(NCCCCOC1CCCCCC1)NCc1ccccn1.I. The van der Waals surface area contributed by atoms with Gasteiger partial charge in [0.15, 0.2) is 5.96 Å². The second-order valence-electron chi connectivity index (χ2n) is 6.37. The Morgan fingerprint density at radius 1 is 1.16 bits per heavy atom. The van der Waals surface area contributed by atoms with Crippen LogP contribution in [0.5, 0.6) is 0 Å². The van der Waals surface area contributed by atoms with Gasteiger partial charge in [-0.15, -0.1) is 24.0 Å². The molecular formula is C19H33IN4O. The molecule has 142 valence electrons. The Bertz CT molecular complexity index is 462. The largest absolute Gasteiger partial charge is 0.378 e. The highest BCUT2D eigenvalue weighted by Gasteiger charge is 2.11. The zero-order valence-electron chi connectivity index (χ0n) is 15.4. The van der Waals surface area contributed by atoms with Gasteiger partial charge in [-0.25, -0.2) is 0 Å². The Kier molecular flexibility index (Phi) is 12.7. The van der Waals surface area contributed by atoms with Gasteiger partial charge in [-0.2, -0.15) is 0 Å². The molecule has 0 saturated heterocycles. The van der Waals surface area contributed by atoms with Crippen molar-refractivity contribution in [3.63, 3.8) is 0 Å². The number of halogens is 1. The molecule has 1 saturated carbocycles. The lowest BCUT2D eigenvalue weighted by molar-refractivity contribution is 0.0411. The van der Waals surface area contributed by atoms with Crippen molar-refractivity contribution in [2.45, 2.75) is 64.0 Å². The molecule has 0 radical (unpaired) electrons. The van der Waals surface area contributed by atoms with E-state index in [9.17, 15) is 0 Å². The molecule has 2 rings (SSSR count). The van der Waals surface area contributed by atoms with Crippen molar-refractivity contribution in [1.82, 2.24) is 15.6 Å². The second-order valence-corrected chi connectivity index (χ2v) is 6.37. The molecule has 1 aliphatic carbocycles. The molecule has 25 heavy (non-hydrogen) atoms. The molecular weight excluding hydrogens is 427 g/mol. The van der Waals surface area contributed by atoms with Gasteiger partial charge in [0, 0.05) is 26.4 Å². The monoisotopic (exact) mass is 460 g/mol. The summed E-state index contributed by atoms with van der Waals surface area (Å²) in [7, 11) is 1.79. The van der Waals surface area contributed by atoms with Gasteiger partial charge >= 0.3 is 0 Å². The van der Waals surface area contributed by atoms with E-state index in [1.54, 1.807) is 7.05 Å². The summed E-state index contributed by atoms with van der Waals surface area (Å²) in [6.07, 6.45) is 12.5. The molecule has 2 N–H and O–H groups in total. The van der Waals surface area contributed by atoms with Gasteiger partial charge in [-0.3, -0.25) is 9.98 Å². The van der Waals surface area contributed by atoms with Crippen LogP contribution in [0.25, 0.3) is 0 Å². The Morgan fingerprint density at radius 2 is 1.96 bits per heavy atom. The van der Waals surface area contributed by atoms with E-state index in [-0.39, 0.29) is 24.0 Å². The zero-order valence-corrected chi connectivity index (χ0v) is 17.7. The van der Waals surface area contributed by atoms with Crippen molar-refractivity contribution in [2.24, 2.45) is 4.99 Å². The van der Waals surface area contributed by atoms with Gasteiger partial charge in [0.2, 0.25) is 0 Å². The average Bonchev–Trinajstić information content (AvgIpc) is 2.90. The quantitative estimate of drug-likeness (QED) is 0.203. The highest BCUT2D eigenvalue weighted by Crippen LogP contribution is 2.19. The van der Waals surface area contributed by atoms with Crippen LogP contribution in [0, 0.1) is 0 Å². The summed E-state index contributed by atoms with van der Waals surface area (Å²) in [5.41, 5.74) is 1.01. The third-order valence-electron chi connectivity index (χ3n) is 4.41. The molecule has 0 atom stereocenters. The van der Waals surface area contributed by atoms with Gasteiger partial charge in [-0.1, -0.05) is 31.7 Å². The first kappa shape index (κ1) is 22.2. The van der Waals surface area contributed by atoms with Crippen LogP contribution in [0.2, 0.25) is 0 Å². The summed E-state index contributed by atoms with van der Waals surface area (Å²) in [4.78, 5) is 8.54. The Hall–Kier alpha value is -0.890. The smallest absolute Gasteiger partial charge is 0.191 e. The number of guanidine groups is 1. The number of unbranched alkanes of at least 4 members (excludes halogenated alkanes) is 1. The first-order chi connectivity index (χ1) is 11.9. The van der Waals surface area contributed by atoms with Crippen LogP contribution in [0.4, 0.5) is 0 Å². The summed E-state index contributed by atoms with van der Waals surface area (Å²) in [5.74, 6) is 0.824. The summed E-state index contributed by atoms with van der Waals surface area (Å²) in [6, 6.07) is 5.92. The number of ether oxygens (including phenoxy) is 1. The predicted molar refractivity (Wildman–Crippen MR) is 115 cm³/mol. The number of pyridine rings is 1. The fourth-order valence-electron chi connectivity index (χ4n) is 2.99. The van der Waals surface area contributed by atoms with Gasteiger partial charge < -0.3 is 15.4 Å². The third-order valence-corrected chi connectivity index (χ3v) is 4.41. The fourth-order valence-corrected chi connectivity index (χ4v) is 2.99. The molecule has 1 heterocycles. The van der Waals surface area contributed by atoms with E-state index in [4.69, 9.17) is 4.74 Å². The van der Waals surface area contributed by atoms with Crippen LogP contribution < -0.4 is 10.6 Å². The Morgan fingerprint density at radius 3 is 2.64 bits per heavy atom. The van der Waals surface area contributed by atoms with Gasteiger partial charge in [0.05, 0.1) is 18.3 Å². The van der Waals surface area contributed by atoms with Crippen molar-refractivity contribution in [1.29, 1.82) is 0 Å². The minimum Gasteiger partial charge on any atom is -0.378 e. The molecule has 0 bridgehead atoms. The number of hydrogen-bond donors (Lipinski definition) is 2. The summed E-state index contributed by atoms with van der Waals surface area (Å²) in [6.45, 7) is 2.48. The maximum absolute atomic E-state index is 6.02. The summed E-state index contributed by atoms with van der Waals surface area (Å²) in [5, 5.41) is 6.62. The molecule has 6 heteroatoms. The van der Waals surface area contributed by atoms with E-state index < -0.39 is 0 Å². The minimum atomic E-state index is 0. The fraction of sp³-hybridized carbons (Fsp3) is 0.684. The van der Waals surface area contributed by atoms with E-state index in [1.807, 2.05) is 24.4 Å². The first-order valence-electron chi connectivity index (χ1n) is 9.34. The Labute approximate surface area is 169 Å². The average molecular weight is 460 g/mol. The molecule has 0 unspecified atom stereocenters. The lowest BCUT2D eigenvalue weighted by Gasteiger charge is -2.15. The first-order valence-corrected chi connectivity index (χ1v) is 9.34. The maximum Gasteiger partial charge on any atom is 0.191 e. The summed E-state index contributed by atoms with van der Waals surface area (Å²) >= 11 is 0. The molecule has 0 spiro atoms. The van der Waals surface area contributed by atoms with Gasteiger partial charge in [0.25, 0.3) is 0 Å². The molecule has 1 aromatic rings. The van der Waals surface area contributed by atoms with Crippen molar-refractivity contribution < 1.29 is 4.74 Å². The molecule has 5 nitrogen and oxygen atoms in total. The number of aliphatic imine (C=N–C) groups is 1. The van der Waals surface area contributed by atoms with Crippen molar-refractivity contribution in [3.8, 4) is 0 Å². The predicted octanol–water partition coefficient (Wildman–Crippen LogP) is 3.88. The van der Waals surface area contributed by atoms with Crippen LogP contribution in [0.1, 0.15) is 57.1 Å². The third kappa shape index (κ3) is 9.99. The van der Waals surface area contributed by atoms with Crippen LogP contribution in [0.15, 0.2) is 29.4 Å². The standard InChI is InChI=1S/C19H32N4O.HI/c1-20-19(23-16-17-10-6-7-13-21-17)22-14-8-9-15-24-18-11-4-2-3-5-12-18;/h6-7,10,13,18H,2-5,8-9,11-12,14-16H2,1H3,(H2,20,22,23);1H. The van der Waals surface area contributed by atoms with Crippen LogP contribution in [-0.2, 0) is 11.3 Å². The van der Waals surface area contributed by atoms with E-state index in [0.717, 1.165) is 37.6 Å². The summed E-state index contributed by atoms with van der Waals surface area (Å²) < 4.78 is 6.02. The number of nitrogens with zero attached hydrogens (tertiary/aromatic N) is 2. The van der Waals surface area contributed by atoms with Crippen LogP contribution in [0.3, 0.4) is 0 Å². The molecule has 0 amide bonds. The minimum absolute atomic E-state index is 0. The highest BCUT2D eigenvalue weighted by atomic mass is 127. The van der Waals surface area contributed by atoms with Crippen molar-refractivity contribution in [2.75, 3.05) is 20.2 Å². The number of aromatic nitrogens is 1. The van der Waals surface area contributed by atoms with E-state index >= 15 is 0 Å². The number of rotatable bonds is 8. The van der Waals surface area contributed by atoms with Gasteiger partial charge in [-0.05, 0) is 37.8 Å². The Balaban J connectivity index is 0.00000312. The second kappa shape index (κ2) is 14.3. The highest BCUT2D eigenvalue weighted by molar-refractivity contribution is 14.0. The van der Waals surface area contributed by atoms with Crippen molar-refractivity contribution >= 4 is 29.9 Å². The van der Waals surface area contributed by atoms with Gasteiger partial charge in [0.1, 0.15) is 0 Å².